The van der Waals surface area contributed by atoms with E-state index in [1.165, 1.54) is 0 Å². The summed E-state index contributed by atoms with van der Waals surface area (Å²) >= 11 is 0. The fourth-order valence-corrected chi connectivity index (χ4v) is 3.58. The number of rotatable bonds is 7. The largest absolute Gasteiger partial charge is 0.350 e. The first kappa shape index (κ1) is 16.1. The molecule has 6 heteroatoms. The van der Waals surface area contributed by atoms with Crippen LogP contribution in [0.1, 0.15) is 25.7 Å². The Hall–Kier alpha value is -0.240. The molecule has 0 saturated carbocycles. The minimum Gasteiger partial charge on any atom is -0.350 e. The molecule has 2 aliphatic rings. The van der Waals surface area contributed by atoms with Crippen molar-refractivity contribution in [2.24, 2.45) is 0 Å². The second-order valence-electron chi connectivity index (χ2n) is 5.82. The van der Waals surface area contributed by atoms with Gasteiger partial charge in [0.2, 0.25) is 12.1 Å². The van der Waals surface area contributed by atoms with Gasteiger partial charge in [-0.05, 0) is 52.9 Å². The van der Waals surface area contributed by atoms with Crippen molar-refractivity contribution in [3.05, 3.63) is 0 Å². The lowest BCUT2D eigenvalue weighted by Crippen LogP contribution is -2.63. The number of hydrogen-bond donors (Lipinski definition) is 2. The van der Waals surface area contributed by atoms with Crippen LogP contribution in [0.5, 0.6) is 0 Å². The van der Waals surface area contributed by atoms with Gasteiger partial charge >= 0.3 is 0 Å². The third kappa shape index (κ3) is 3.16. The molecule has 2 N–H and O–H groups in total. The van der Waals surface area contributed by atoms with Crippen molar-refractivity contribution in [1.82, 2.24) is 15.5 Å². The van der Waals surface area contributed by atoms with Gasteiger partial charge < -0.3 is 20.1 Å². The second kappa shape index (κ2) is 7.15. The molecule has 2 aliphatic heterocycles. The van der Waals surface area contributed by atoms with Crippen molar-refractivity contribution < 1.29 is 14.6 Å². The molecule has 2 fully saturated rings. The number of hydrogen-bond acceptors (Lipinski definition) is 5. The third-order valence-electron chi connectivity index (χ3n) is 4.54. The predicted molar refractivity (Wildman–Crippen MR) is 75.9 cm³/mol. The molecule has 117 valence electrons. The van der Waals surface area contributed by atoms with Gasteiger partial charge in [0, 0.05) is 13.7 Å². The van der Waals surface area contributed by atoms with Crippen molar-refractivity contribution in [3.63, 3.8) is 0 Å². The maximum Gasteiger partial charge on any atom is 0.207 e. The molecule has 20 heavy (non-hydrogen) atoms. The van der Waals surface area contributed by atoms with E-state index < -0.39 is 12.1 Å². The lowest BCUT2D eigenvalue weighted by Gasteiger charge is -2.45. The van der Waals surface area contributed by atoms with E-state index in [0.717, 1.165) is 38.8 Å². The topological polar surface area (TPSA) is 65.7 Å². The SMILES string of the molecule is CNCC([O])OC(OC)([C@H]1CCCN1)[C@H]1CCCN1C. The van der Waals surface area contributed by atoms with Gasteiger partial charge in [0.1, 0.15) is 0 Å². The van der Waals surface area contributed by atoms with Gasteiger partial charge in [-0.3, -0.25) is 4.90 Å². The first-order chi connectivity index (χ1) is 9.64. The summed E-state index contributed by atoms with van der Waals surface area (Å²) in [4.78, 5) is 2.26. The highest BCUT2D eigenvalue weighted by Crippen LogP contribution is 2.36. The molecular weight excluding hydrogens is 258 g/mol. The number of nitrogens with one attached hydrogen (secondary N) is 2. The van der Waals surface area contributed by atoms with Gasteiger partial charge in [-0.25, -0.2) is 5.11 Å². The minimum absolute atomic E-state index is 0.0892. The molecule has 2 heterocycles. The first-order valence-electron chi connectivity index (χ1n) is 7.61. The van der Waals surface area contributed by atoms with Crippen LogP contribution in [0.3, 0.4) is 0 Å². The Labute approximate surface area is 121 Å². The van der Waals surface area contributed by atoms with Crippen LogP contribution in [0.25, 0.3) is 0 Å². The number of likely N-dealkylation sites (N-methyl/N-ethyl adjacent to an activating group) is 2. The third-order valence-corrected chi connectivity index (χ3v) is 4.54. The van der Waals surface area contributed by atoms with Gasteiger partial charge in [0.05, 0.1) is 12.1 Å². The van der Waals surface area contributed by atoms with E-state index in [1.54, 1.807) is 14.2 Å². The number of nitrogens with zero attached hydrogens (tertiary/aromatic N) is 1. The average molecular weight is 286 g/mol. The van der Waals surface area contributed by atoms with Crippen molar-refractivity contribution in [2.75, 3.05) is 40.8 Å². The lowest BCUT2D eigenvalue weighted by atomic mass is 9.94. The standard InChI is InChI=1S/C14H28N3O3/c1-15-10-13(18)20-14(19-3,11-6-4-8-16-11)12-7-5-9-17(12)2/h11-13,15-16H,4-10H2,1-3H3/t11-,12-,13?,14?/m1/s1. The monoisotopic (exact) mass is 286 g/mol. The molecule has 0 spiro atoms. The lowest BCUT2D eigenvalue weighted by molar-refractivity contribution is -0.330. The van der Waals surface area contributed by atoms with Crippen LogP contribution in [0.2, 0.25) is 0 Å². The van der Waals surface area contributed by atoms with Crippen LogP contribution < -0.4 is 10.6 Å². The van der Waals surface area contributed by atoms with E-state index in [2.05, 4.69) is 22.6 Å². The van der Waals surface area contributed by atoms with Crippen molar-refractivity contribution in [1.29, 1.82) is 0 Å². The molecular formula is C14H28N3O3. The molecule has 0 aromatic heterocycles. The van der Waals surface area contributed by atoms with Crippen LogP contribution in [0.4, 0.5) is 0 Å². The minimum atomic E-state index is -1.11. The summed E-state index contributed by atoms with van der Waals surface area (Å²) < 4.78 is 11.8. The summed E-state index contributed by atoms with van der Waals surface area (Å²) in [5.41, 5.74) is 0. The number of likely N-dealkylation sites (tertiary alicyclic amines) is 1. The summed E-state index contributed by atoms with van der Waals surface area (Å²) in [7, 11) is 5.51. The van der Waals surface area contributed by atoms with Gasteiger partial charge in [-0.2, -0.15) is 0 Å². The average Bonchev–Trinajstić information content (AvgIpc) is 3.08. The van der Waals surface area contributed by atoms with E-state index >= 15 is 0 Å². The van der Waals surface area contributed by atoms with Crippen LogP contribution in [0.15, 0.2) is 0 Å². The molecule has 2 saturated heterocycles. The summed E-state index contributed by atoms with van der Waals surface area (Å²) in [6.45, 7) is 2.28. The fourth-order valence-electron chi connectivity index (χ4n) is 3.58. The summed E-state index contributed by atoms with van der Waals surface area (Å²) in [5, 5.41) is 18.4. The highest BCUT2D eigenvalue weighted by molar-refractivity contribution is 5.00. The highest BCUT2D eigenvalue weighted by Gasteiger charge is 2.52. The maximum atomic E-state index is 12.1. The van der Waals surface area contributed by atoms with Crippen molar-refractivity contribution in [3.8, 4) is 0 Å². The van der Waals surface area contributed by atoms with Crippen molar-refractivity contribution in [2.45, 2.75) is 49.8 Å². The van der Waals surface area contributed by atoms with Crippen molar-refractivity contribution >= 4 is 0 Å². The maximum absolute atomic E-state index is 12.1. The Balaban J connectivity index is 2.19. The Bertz CT molecular complexity index is 299. The molecule has 0 amide bonds. The molecule has 6 nitrogen and oxygen atoms in total. The summed E-state index contributed by atoms with van der Waals surface area (Å²) in [5.74, 6) is -0.842. The molecule has 0 bridgehead atoms. The Morgan fingerprint density at radius 2 is 2.25 bits per heavy atom. The Morgan fingerprint density at radius 1 is 1.45 bits per heavy atom. The van der Waals surface area contributed by atoms with Gasteiger partial charge in [-0.15, -0.1) is 0 Å². The van der Waals surface area contributed by atoms with E-state index in [-0.39, 0.29) is 18.6 Å². The molecule has 1 radical (unpaired) electrons. The smallest absolute Gasteiger partial charge is 0.207 e. The summed E-state index contributed by atoms with van der Waals surface area (Å²) in [6, 6.07) is 0.225. The molecule has 2 rings (SSSR count). The van der Waals surface area contributed by atoms with Gasteiger partial charge in [-0.1, -0.05) is 0 Å². The van der Waals surface area contributed by atoms with Gasteiger partial charge in [0.25, 0.3) is 0 Å². The second-order valence-corrected chi connectivity index (χ2v) is 5.82. The predicted octanol–water partition coefficient (Wildman–Crippen LogP) is 0.168. The van der Waals surface area contributed by atoms with Crippen LogP contribution in [-0.2, 0) is 14.6 Å². The van der Waals surface area contributed by atoms with Gasteiger partial charge in [0.15, 0.2) is 0 Å². The molecule has 4 atom stereocenters. The molecule has 0 aromatic carbocycles. The quantitative estimate of drug-likeness (QED) is 0.653. The zero-order valence-corrected chi connectivity index (χ0v) is 12.9. The Kier molecular flexibility index (Phi) is 5.77. The van der Waals surface area contributed by atoms with E-state index in [9.17, 15) is 5.11 Å². The zero-order chi connectivity index (χ0) is 14.6. The molecule has 0 aliphatic carbocycles. The van der Waals surface area contributed by atoms with E-state index in [4.69, 9.17) is 9.47 Å². The Morgan fingerprint density at radius 3 is 2.75 bits per heavy atom. The van der Waals surface area contributed by atoms with Crippen LogP contribution >= 0.6 is 0 Å². The zero-order valence-electron chi connectivity index (χ0n) is 12.9. The molecule has 0 aromatic rings. The fraction of sp³-hybridized carbons (Fsp3) is 1.00. The van der Waals surface area contributed by atoms with Crippen LogP contribution in [0, 0.1) is 0 Å². The number of methoxy groups -OCH3 is 1. The molecule has 2 unspecified atom stereocenters. The normalized spacial score (nSPS) is 32.4. The van der Waals surface area contributed by atoms with E-state index in [0.29, 0.717) is 0 Å². The summed E-state index contributed by atoms with van der Waals surface area (Å²) in [6.07, 6.45) is 3.11. The first-order valence-corrected chi connectivity index (χ1v) is 7.61. The van der Waals surface area contributed by atoms with Crippen LogP contribution in [-0.4, -0.2) is 69.9 Å². The highest BCUT2D eigenvalue weighted by atomic mass is 16.7. The van der Waals surface area contributed by atoms with E-state index in [1.807, 2.05) is 0 Å². The number of ether oxygens (including phenoxy) is 2.